The second-order valence-electron chi connectivity index (χ2n) is 9.13. The molecule has 2 aromatic carbocycles. The highest BCUT2D eigenvalue weighted by Crippen LogP contribution is 2.47. The van der Waals surface area contributed by atoms with Crippen LogP contribution in [0.4, 0.5) is 4.39 Å². The fourth-order valence-electron chi connectivity index (χ4n) is 5.20. The van der Waals surface area contributed by atoms with Crippen molar-refractivity contribution in [2.24, 2.45) is 10.9 Å². The number of carbonyl (C=O) groups excluding carboxylic acids is 2. The Hall–Kier alpha value is -3.52. The number of methoxy groups -OCH3 is 2. The van der Waals surface area contributed by atoms with Gasteiger partial charge in [0.25, 0.3) is 0 Å². The van der Waals surface area contributed by atoms with E-state index in [0.29, 0.717) is 47.1 Å². The Morgan fingerprint density at radius 2 is 1.81 bits per heavy atom. The lowest BCUT2D eigenvalue weighted by atomic mass is 9.69. The van der Waals surface area contributed by atoms with Crippen LogP contribution in [0.2, 0.25) is 0 Å². The molecule has 37 heavy (non-hydrogen) atoms. The van der Waals surface area contributed by atoms with Crippen LogP contribution in [0, 0.1) is 11.7 Å². The molecule has 7 nitrogen and oxygen atoms in total. The molecule has 0 radical (unpaired) electrons. The van der Waals surface area contributed by atoms with E-state index in [9.17, 15) is 14.0 Å². The van der Waals surface area contributed by atoms with Gasteiger partial charge in [-0.3, -0.25) is 14.6 Å². The summed E-state index contributed by atoms with van der Waals surface area (Å²) < 4.78 is 35.8. The van der Waals surface area contributed by atoms with Crippen LogP contribution in [0.1, 0.15) is 49.7 Å². The van der Waals surface area contributed by atoms with E-state index in [-0.39, 0.29) is 31.3 Å². The highest BCUT2D eigenvalue weighted by atomic mass is 19.1. The van der Waals surface area contributed by atoms with Gasteiger partial charge in [0.15, 0.2) is 17.3 Å². The highest BCUT2D eigenvalue weighted by Gasteiger charge is 2.45. The van der Waals surface area contributed by atoms with Gasteiger partial charge in [0.2, 0.25) is 0 Å². The lowest BCUT2D eigenvalue weighted by Crippen LogP contribution is -2.38. The van der Waals surface area contributed by atoms with Gasteiger partial charge in [-0.25, -0.2) is 4.39 Å². The first-order valence-corrected chi connectivity index (χ1v) is 12.4. The molecule has 3 atom stereocenters. The first-order valence-electron chi connectivity index (χ1n) is 12.4. The molecule has 1 aliphatic heterocycles. The second-order valence-corrected chi connectivity index (χ2v) is 9.13. The van der Waals surface area contributed by atoms with Crippen LogP contribution < -0.4 is 9.47 Å². The van der Waals surface area contributed by atoms with Crippen LogP contribution in [-0.4, -0.2) is 51.5 Å². The van der Waals surface area contributed by atoms with E-state index < -0.39 is 23.6 Å². The summed E-state index contributed by atoms with van der Waals surface area (Å²) in [4.78, 5) is 31.7. The number of hydrogen-bond donors (Lipinski definition) is 0. The minimum absolute atomic E-state index is 0.0908. The molecule has 0 N–H and O–H groups in total. The molecule has 8 heteroatoms. The third-order valence-corrected chi connectivity index (χ3v) is 6.91. The Balaban J connectivity index is 1.71. The molecule has 0 saturated carbocycles. The van der Waals surface area contributed by atoms with Gasteiger partial charge < -0.3 is 18.9 Å². The molecule has 1 aliphatic carbocycles. The largest absolute Gasteiger partial charge is 0.493 e. The molecule has 2 aromatic rings. The zero-order valence-electron chi connectivity index (χ0n) is 21.6. The first kappa shape index (κ1) is 26.5. The number of ether oxygens (including phenoxy) is 4. The summed E-state index contributed by atoms with van der Waals surface area (Å²) in [5.74, 6) is -1.49. The zero-order valence-corrected chi connectivity index (χ0v) is 21.6. The summed E-state index contributed by atoms with van der Waals surface area (Å²) in [5.41, 5.74) is 3.10. The number of allylic oxidation sites excluding steroid dienone is 2. The average molecular weight is 510 g/mol. The van der Waals surface area contributed by atoms with Crippen LogP contribution in [-0.2, 0) is 19.1 Å². The summed E-state index contributed by atoms with van der Waals surface area (Å²) in [5, 5.41) is 0. The van der Waals surface area contributed by atoms with Crippen molar-refractivity contribution < 1.29 is 32.9 Å². The molecule has 0 fully saturated rings. The molecule has 0 saturated heterocycles. The molecule has 0 amide bonds. The number of aliphatic imine (C=N–C) groups is 1. The smallest absolute Gasteiger partial charge is 0.315 e. The third kappa shape index (κ3) is 5.59. The number of halogens is 1. The predicted octanol–water partition coefficient (Wildman–Crippen LogP) is 5.00. The Labute approximate surface area is 216 Å². The van der Waals surface area contributed by atoms with E-state index >= 15 is 0 Å². The molecular formula is C29H32FNO6. The summed E-state index contributed by atoms with van der Waals surface area (Å²) in [7, 11) is 3.14. The van der Waals surface area contributed by atoms with Crippen molar-refractivity contribution in [1.82, 2.24) is 0 Å². The highest BCUT2D eigenvalue weighted by molar-refractivity contribution is 6.09. The lowest BCUT2D eigenvalue weighted by molar-refractivity contribution is -0.148. The van der Waals surface area contributed by atoms with Crippen molar-refractivity contribution >= 4 is 17.5 Å². The van der Waals surface area contributed by atoms with E-state index in [2.05, 4.69) is 0 Å². The Bertz CT molecular complexity index is 1240. The number of nitrogens with zero attached hydrogens (tertiary/aromatic N) is 1. The summed E-state index contributed by atoms with van der Waals surface area (Å²) in [6.45, 7) is 4.50. The predicted molar refractivity (Wildman–Crippen MR) is 137 cm³/mol. The maximum Gasteiger partial charge on any atom is 0.315 e. The molecule has 0 aromatic heterocycles. The van der Waals surface area contributed by atoms with Crippen molar-refractivity contribution in [2.45, 2.75) is 38.5 Å². The molecule has 0 spiro atoms. The van der Waals surface area contributed by atoms with Gasteiger partial charge in [0, 0.05) is 35.9 Å². The van der Waals surface area contributed by atoms with Gasteiger partial charge >= 0.3 is 5.97 Å². The van der Waals surface area contributed by atoms with Crippen molar-refractivity contribution in [1.29, 1.82) is 0 Å². The van der Waals surface area contributed by atoms with E-state index in [1.54, 1.807) is 33.3 Å². The first-order chi connectivity index (χ1) is 17.9. The van der Waals surface area contributed by atoms with E-state index in [0.717, 1.165) is 5.56 Å². The van der Waals surface area contributed by atoms with E-state index in [1.165, 1.54) is 12.1 Å². The van der Waals surface area contributed by atoms with Crippen molar-refractivity contribution in [3.63, 3.8) is 0 Å². The molecule has 2 aliphatic rings. The SMILES string of the molecule is CCOCCOC(=O)C1C(C)=NC2=C(C(=O)C[C@H](c3ccc(OC)c(OC)c3)C2)[C@@H]1c1cccc(F)c1. The van der Waals surface area contributed by atoms with E-state index in [4.69, 9.17) is 23.9 Å². The molecule has 4 rings (SSSR count). The minimum Gasteiger partial charge on any atom is -0.493 e. The summed E-state index contributed by atoms with van der Waals surface area (Å²) in [6.07, 6.45) is 0.743. The number of Topliss-reactive ketones (excluding diaryl/α,β-unsaturated/α-hetero) is 1. The van der Waals surface area contributed by atoms with Gasteiger partial charge in [-0.05, 0) is 61.6 Å². The maximum atomic E-state index is 14.3. The quantitative estimate of drug-likeness (QED) is 0.350. The number of rotatable bonds is 9. The standard InChI is InChI=1S/C29H32FNO6/c1-5-36-11-12-37-29(33)26-17(2)31-22-14-20(18-9-10-24(34-3)25(16-18)35-4)15-23(32)28(22)27(26)19-7-6-8-21(30)13-19/h6-10,13,16,20,26-27H,5,11-12,14-15H2,1-4H3/t20-,26?,27-/m1/s1. The van der Waals surface area contributed by atoms with Crippen LogP contribution in [0.25, 0.3) is 0 Å². The summed E-state index contributed by atoms with van der Waals surface area (Å²) in [6, 6.07) is 11.7. The summed E-state index contributed by atoms with van der Waals surface area (Å²) >= 11 is 0. The number of benzene rings is 2. The van der Waals surface area contributed by atoms with Gasteiger partial charge in [-0.2, -0.15) is 0 Å². The number of ketones is 1. The fourth-order valence-corrected chi connectivity index (χ4v) is 5.20. The topological polar surface area (TPSA) is 83.4 Å². The minimum atomic E-state index is -0.830. The number of hydrogen-bond acceptors (Lipinski definition) is 7. The van der Waals surface area contributed by atoms with Crippen molar-refractivity contribution in [3.05, 3.63) is 70.7 Å². The monoisotopic (exact) mass is 509 g/mol. The van der Waals surface area contributed by atoms with Gasteiger partial charge in [-0.1, -0.05) is 18.2 Å². The van der Waals surface area contributed by atoms with Crippen LogP contribution in [0.3, 0.4) is 0 Å². The molecule has 0 bridgehead atoms. The van der Waals surface area contributed by atoms with Crippen LogP contribution in [0.5, 0.6) is 11.5 Å². The molecule has 1 unspecified atom stereocenters. The lowest BCUT2D eigenvalue weighted by Gasteiger charge is -2.36. The zero-order chi connectivity index (χ0) is 26.5. The van der Waals surface area contributed by atoms with Crippen molar-refractivity contribution in [3.8, 4) is 11.5 Å². The maximum absolute atomic E-state index is 14.3. The number of carbonyl (C=O) groups is 2. The van der Waals surface area contributed by atoms with Gasteiger partial charge in [-0.15, -0.1) is 0 Å². The Morgan fingerprint density at radius 3 is 2.51 bits per heavy atom. The van der Waals surface area contributed by atoms with Crippen LogP contribution >= 0.6 is 0 Å². The van der Waals surface area contributed by atoms with Crippen LogP contribution in [0.15, 0.2) is 58.7 Å². The second kappa shape index (κ2) is 11.7. The number of esters is 1. The van der Waals surface area contributed by atoms with Gasteiger partial charge in [0.1, 0.15) is 18.3 Å². The average Bonchev–Trinajstić information content (AvgIpc) is 2.89. The Morgan fingerprint density at radius 1 is 1.03 bits per heavy atom. The van der Waals surface area contributed by atoms with Gasteiger partial charge in [0.05, 0.1) is 20.8 Å². The molecule has 1 heterocycles. The van der Waals surface area contributed by atoms with Crippen molar-refractivity contribution in [2.75, 3.05) is 34.0 Å². The Kier molecular flexibility index (Phi) is 8.38. The molecular weight excluding hydrogens is 477 g/mol. The fraction of sp³-hybridized carbons (Fsp3) is 0.414. The van der Waals surface area contributed by atoms with E-state index in [1.807, 2.05) is 25.1 Å². The normalized spacial score (nSPS) is 21.3. The third-order valence-electron chi connectivity index (χ3n) is 6.91. The molecule has 196 valence electrons.